The molecule has 0 unspecified atom stereocenters. The summed E-state index contributed by atoms with van der Waals surface area (Å²) in [7, 11) is 0. The molecule has 0 atom stereocenters. The van der Waals surface area contributed by atoms with E-state index in [0.29, 0.717) is 18.1 Å². The largest absolute Gasteiger partial charge is 0.476 e. The lowest BCUT2D eigenvalue weighted by Crippen LogP contribution is -2.33. The van der Waals surface area contributed by atoms with E-state index in [2.05, 4.69) is 9.88 Å². The number of piperidine rings is 1. The summed E-state index contributed by atoms with van der Waals surface area (Å²) in [4.78, 5) is 6.79. The number of nitrogens with two attached hydrogens (primary N) is 1. The number of nitrogens with one attached hydrogen (secondary N) is 1. The summed E-state index contributed by atoms with van der Waals surface area (Å²) in [5, 5.41) is 7.67. The van der Waals surface area contributed by atoms with Crippen molar-refractivity contribution in [2.45, 2.75) is 33.1 Å². The minimum Gasteiger partial charge on any atom is -0.476 e. The Balaban J connectivity index is 1.99. The van der Waals surface area contributed by atoms with E-state index in [9.17, 15) is 0 Å². The minimum atomic E-state index is 0.0166. The van der Waals surface area contributed by atoms with E-state index in [-0.39, 0.29) is 5.84 Å². The molecule has 5 nitrogen and oxygen atoms in total. The van der Waals surface area contributed by atoms with Crippen LogP contribution in [0.5, 0.6) is 5.88 Å². The molecule has 1 fully saturated rings. The van der Waals surface area contributed by atoms with Gasteiger partial charge in [0.15, 0.2) is 0 Å². The molecule has 1 aromatic heterocycles. The highest BCUT2D eigenvalue weighted by Gasteiger charge is 2.14. The van der Waals surface area contributed by atoms with E-state index in [1.54, 1.807) is 0 Å². The standard InChI is InChI=1S/C15H24N4O/c1-11-10-12(2)18-15(13(11)14(16)17)20-9-8-19-6-4-3-5-7-19/h10H,3-9H2,1-2H3,(H3,16,17). The van der Waals surface area contributed by atoms with Crippen LogP contribution in [0.4, 0.5) is 0 Å². The summed E-state index contributed by atoms with van der Waals surface area (Å²) in [5.41, 5.74) is 8.08. The average Bonchev–Trinajstić information content (AvgIpc) is 2.38. The van der Waals surface area contributed by atoms with Crippen molar-refractivity contribution in [1.29, 1.82) is 5.41 Å². The lowest BCUT2D eigenvalue weighted by atomic mass is 10.1. The molecule has 0 saturated carbocycles. The Labute approximate surface area is 120 Å². The lowest BCUT2D eigenvalue weighted by molar-refractivity contribution is 0.180. The first-order valence-electron chi connectivity index (χ1n) is 7.25. The molecule has 3 N–H and O–H groups in total. The molecule has 2 heterocycles. The molecule has 0 aromatic carbocycles. The third-order valence-electron chi connectivity index (χ3n) is 3.68. The fraction of sp³-hybridized carbons (Fsp3) is 0.600. The van der Waals surface area contributed by atoms with Gasteiger partial charge in [0, 0.05) is 12.2 Å². The van der Waals surface area contributed by atoms with E-state index in [4.69, 9.17) is 15.9 Å². The van der Waals surface area contributed by atoms with E-state index in [1.165, 1.54) is 19.3 Å². The smallest absolute Gasteiger partial charge is 0.225 e. The van der Waals surface area contributed by atoms with Crippen LogP contribution in [0.2, 0.25) is 0 Å². The van der Waals surface area contributed by atoms with Gasteiger partial charge in [0.25, 0.3) is 0 Å². The highest BCUT2D eigenvalue weighted by atomic mass is 16.5. The van der Waals surface area contributed by atoms with Gasteiger partial charge >= 0.3 is 0 Å². The fourth-order valence-electron chi connectivity index (χ4n) is 2.69. The summed E-state index contributed by atoms with van der Waals surface area (Å²) in [6, 6.07) is 1.92. The van der Waals surface area contributed by atoms with Crippen LogP contribution in [0.1, 0.15) is 36.1 Å². The molecule has 0 bridgehead atoms. The number of likely N-dealkylation sites (tertiary alicyclic amines) is 1. The van der Waals surface area contributed by atoms with Gasteiger partial charge in [-0.2, -0.15) is 0 Å². The van der Waals surface area contributed by atoms with Crippen LogP contribution in [0.25, 0.3) is 0 Å². The third-order valence-corrected chi connectivity index (χ3v) is 3.68. The number of hydrogen-bond donors (Lipinski definition) is 2. The highest BCUT2D eigenvalue weighted by molar-refractivity contribution is 5.98. The molecule has 2 rings (SSSR count). The fourth-order valence-corrected chi connectivity index (χ4v) is 2.69. The van der Waals surface area contributed by atoms with Crippen LogP contribution < -0.4 is 10.5 Å². The topological polar surface area (TPSA) is 75.2 Å². The average molecular weight is 276 g/mol. The summed E-state index contributed by atoms with van der Waals surface area (Å²) >= 11 is 0. The van der Waals surface area contributed by atoms with Crippen molar-refractivity contribution < 1.29 is 4.74 Å². The lowest BCUT2D eigenvalue weighted by Gasteiger charge is -2.26. The van der Waals surface area contributed by atoms with Crippen LogP contribution in [-0.2, 0) is 0 Å². The summed E-state index contributed by atoms with van der Waals surface area (Å²) in [6.45, 7) is 7.67. The Morgan fingerprint density at radius 2 is 2.05 bits per heavy atom. The van der Waals surface area contributed by atoms with Gasteiger partial charge in [-0.05, 0) is 51.4 Å². The number of rotatable bonds is 5. The van der Waals surface area contributed by atoms with Crippen LogP contribution in [0.3, 0.4) is 0 Å². The zero-order valence-electron chi connectivity index (χ0n) is 12.4. The number of pyridine rings is 1. The summed E-state index contributed by atoms with van der Waals surface area (Å²) in [5.74, 6) is 0.509. The zero-order chi connectivity index (χ0) is 14.5. The van der Waals surface area contributed by atoms with Crippen molar-refractivity contribution in [3.63, 3.8) is 0 Å². The minimum absolute atomic E-state index is 0.0166. The molecule has 0 radical (unpaired) electrons. The first-order chi connectivity index (χ1) is 9.58. The van der Waals surface area contributed by atoms with E-state index in [0.717, 1.165) is 30.9 Å². The van der Waals surface area contributed by atoms with E-state index >= 15 is 0 Å². The number of aromatic nitrogens is 1. The van der Waals surface area contributed by atoms with Crippen molar-refractivity contribution >= 4 is 5.84 Å². The number of aryl methyl sites for hydroxylation is 2. The van der Waals surface area contributed by atoms with Crippen molar-refractivity contribution in [2.75, 3.05) is 26.2 Å². The van der Waals surface area contributed by atoms with Gasteiger partial charge in [-0.1, -0.05) is 6.42 Å². The third kappa shape index (κ3) is 3.70. The van der Waals surface area contributed by atoms with E-state index in [1.807, 2.05) is 19.9 Å². The molecule has 1 aromatic rings. The Morgan fingerprint density at radius 3 is 2.70 bits per heavy atom. The molecule has 1 aliphatic heterocycles. The Kier molecular flexibility index (Phi) is 4.95. The quantitative estimate of drug-likeness (QED) is 0.635. The first-order valence-corrected chi connectivity index (χ1v) is 7.25. The molecular formula is C15H24N4O. The Bertz CT molecular complexity index is 481. The molecular weight excluding hydrogens is 252 g/mol. The number of amidine groups is 1. The van der Waals surface area contributed by atoms with Crippen LogP contribution in [0, 0.1) is 19.3 Å². The molecule has 0 spiro atoms. The van der Waals surface area contributed by atoms with Crippen molar-refractivity contribution in [2.24, 2.45) is 5.73 Å². The highest BCUT2D eigenvalue weighted by Crippen LogP contribution is 2.20. The van der Waals surface area contributed by atoms with Crippen LogP contribution in [-0.4, -0.2) is 42.0 Å². The maximum absolute atomic E-state index is 7.67. The summed E-state index contributed by atoms with van der Waals surface area (Å²) < 4.78 is 5.79. The maximum atomic E-state index is 7.67. The Morgan fingerprint density at radius 1 is 1.35 bits per heavy atom. The predicted molar refractivity (Wildman–Crippen MR) is 80.5 cm³/mol. The monoisotopic (exact) mass is 276 g/mol. The predicted octanol–water partition coefficient (Wildman–Crippen LogP) is 1.85. The molecule has 20 heavy (non-hydrogen) atoms. The number of ether oxygens (including phenoxy) is 1. The number of nitrogens with zero attached hydrogens (tertiary/aromatic N) is 2. The van der Waals surface area contributed by atoms with Gasteiger partial charge in [0.05, 0.1) is 5.56 Å². The second kappa shape index (κ2) is 6.70. The van der Waals surface area contributed by atoms with Gasteiger partial charge in [0.2, 0.25) is 5.88 Å². The second-order valence-electron chi connectivity index (χ2n) is 5.43. The number of hydrogen-bond acceptors (Lipinski definition) is 4. The maximum Gasteiger partial charge on any atom is 0.225 e. The molecule has 0 aliphatic carbocycles. The van der Waals surface area contributed by atoms with E-state index < -0.39 is 0 Å². The van der Waals surface area contributed by atoms with Crippen molar-refractivity contribution in [3.05, 3.63) is 22.9 Å². The van der Waals surface area contributed by atoms with Crippen LogP contribution in [0.15, 0.2) is 6.07 Å². The van der Waals surface area contributed by atoms with Gasteiger partial charge in [-0.3, -0.25) is 10.3 Å². The zero-order valence-corrected chi connectivity index (χ0v) is 12.4. The number of nitrogen functional groups attached to an aromatic ring is 1. The molecule has 5 heteroatoms. The second-order valence-corrected chi connectivity index (χ2v) is 5.43. The summed E-state index contributed by atoms with van der Waals surface area (Å²) in [6.07, 6.45) is 3.89. The van der Waals surface area contributed by atoms with Crippen molar-refractivity contribution in [1.82, 2.24) is 9.88 Å². The molecule has 0 amide bonds. The van der Waals surface area contributed by atoms with Gasteiger partial charge < -0.3 is 10.5 Å². The molecule has 1 saturated heterocycles. The molecule has 1 aliphatic rings. The SMILES string of the molecule is Cc1cc(C)c(C(=N)N)c(OCCN2CCCCC2)n1. The van der Waals surface area contributed by atoms with Gasteiger partial charge in [-0.15, -0.1) is 0 Å². The first kappa shape index (κ1) is 14.8. The normalized spacial score (nSPS) is 16.1. The van der Waals surface area contributed by atoms with Gasteiger partial charge in [0.1, 0.15) is 12.4 Å². The van der Waals surface area contributed by atoms with Crippen LogP contribution >= 0.6 is 0 Å². The van der Waals surface area contributed by atoms with Gasteiger partial charge in [-0.25, -0.2) is 4.98 Å². The van der Waals surface area contributed by atoms with Crippen molar-refractivity contribution in [3.8, 4) is 5.88 Å². The molecule has 110 valence electrons. The Hall–Kier alpha value is -1.62.